The minimum atomic E-state index is -4.16. The number of likely N-dealkylation sites (N-methyl/N-ethyl adjacent to an activating group) is 1. The second kappa shape index (κ2) is 14.7. The predicted octanol–water partition coefficient (Wildman–Crippen LogP) is 6.38. The highest BCUT2D eigenvalue weighted by Crippen LogP contribution is 2.27. The number of nitrogens with zero attached hydrogens (tertiary/aromatic N) is 2. The van der Waals surface area contributed by atoms with E-state index in [-0.39, 0.29) is 23.8 Å². The van der Waals surface area contributed by atoms with Crippen LogP contribution >= 0.6 is 27.5 Å². The van der Waals surface area contributed by atoms with Crippen molar-refractivity contribution in [3.63, 3.8) is 0 Å². The van der Waals surface area contributed by atoms with Crippen LogP contribution in [0.3, 0.4) is 0 Å². The summed E-state index contributed by atoms with van der Waals surface area (Å²) < 4.78 is 29.9. The molecule has 0 radical (unpaired) electrons. The van der Waals surface area contributed by atoms with Crippen molar-refractivity contribution in [3.05, 3.63) is 129 Å². The molecule has 0 heterocycles. The fourth-order valence-corrected chi connectivity index (χ4v) is 6.54. The van der Waals surface area contributed by atoms with Crippen LogP contribution < -0.4 is 9.62 Å². The van der Waals surface area contributed by atoms with E-state index in [1.165, 1.54) is 17.0 Å². The number of rotatable bonds is 12. The fraction of sp³-hybridized carbons (Fsp3) is 0.212. The first kappa shape index (κ1) is 32.3. The number of anilines is 1. The monoisotopic (exact) mass is 681 g/mol. The molecule has 0 unspecified atom stereocenters. The molecule has 0 spiro atoms. The van der Waals surface area contributed by atoms with E-state index in [9.17, 15) is 18.0 Å². The molecule has 7 nitrogen and oxygen atoms in total. The molecular formula is C33H33BrClN3O4S. The summed E-state index contributed by atoms with van der Waals surface area (Å²) in [7, 11) is -4.16. The predicted molar refractivity (Wildman–Crippen MR) is 174 cm³/mol. The summed E-state index contributed by atoms with van der Waals surface area (Å²) >= 11 is 9.67. The molecule has 4 aromatic carbocycles. The number of amides is 2. The molecule has 10 heteroatoms. The lowest BCUT2D eigenvalue weighted by atomic mass is 10.0. The Morgan fingerprint density at radius 1 is 0.884 bits per heavy atom. The van der Waals surface area contributed by atoms with Gasteiger partial charge in [-0.1, -0.05) is 87.7 Å². The van der Waals surface area contributed by atoms with Gasteiger partial charge in [0.1, 0.15) is 12.6 Å². The van der Waals surface area contributed by atoms with Gasteiger partial charge in [0, 0.05) is 29.0 Å². The first-order valence-corrected chi connectivity index (χ1v) is 16.4. The van der Waals surface area contributed by atoms with Gasteiger partial charge < -0.3 is 10.2 Å². The van der Waals surface area contributed by atoms with E-state index in [2.05, 4.69) is 21.2 Å². The number of benzene rings is 4. The van der Waals surface area contributed by atoms with Crippen molar-refractivity contribution in [2.75, 3.05) is 17.4 Å². The summed E-state index contributed by atoms with van der Waals surface area (Å²) in [6, 6.07) is 28.7. The third-order valence-corrected chi connectivity index (χ3v) is 9.42. The summed E-state index contributed by atoms with van der Waals surface area (Å²) in [6.45, 7) is 3.57. The van der Waals surface area contributed by atoms with E-state index in [0.717, 1.165) is 19.9 Å². The molecule has 0 aliphatic rings. The van der Waals surface area contributed by atoms with Crippen LogP contribution in [-0.4, -0.2) is 44.3 Å². The van der Waals surface area contributed by atoms with Crippen LogP contribution in [0.1, 0.15) is 23.6 Å². The Balaban J connectivity index is 1.79. The number of aryl methyl sites for hydroxylation is 1. The molecule has 1 N–H and O–H groups in total. The Kier molecular flexibility index (Phi) is 11.0. The lowest BCUT2D eigenvalue weighted by molar-refractivity contribution is -0.140. The third-order valence-electron chi connectivity index (χ3n) is 6.87. The zero-order valence-electron chi connectivity index (χ0n) is 23.9. The smallest absolute Gasteiger partial charge is 0.264 e. The van der Waals surface area contributed by atoms with Crippen molar-refractivity contribution in [2.24, 2.45) is 0 Å². The number of carbonyl (C=O) groups is 2. The maximum atomic E-state index is 14.4. The second-order valence-electron chi connectivity index (χ2n) is 10.1. The summed E-state index contributed by atoms with van der Waals surface area (Å²) in [5.41, 5.74) is 2.79. The molecule has 43 heavy (non-hydrogen) atoms. The molecule has 1 atom stereocenters. The van der Waals surface area contributed by atoms with E-state index in [0.29, 0.717) is 22.8 Å². The van der Waals surface area contributed by atoms with E-state index >= 15 is 0 Å². The normalized spacial score (nSPS) is 11.9. The first-order chi connectivity index (χ1) is 20.6. The molecule has 0 fully saturated rings. The summed E-state index contributed by atoms with van der Waals surface area (Å²) in [6.07, 6.45) is 0.238. The average Bonchev–Trinajstić information content (AvgIpc) is 2.99. The second-order valence-corrected chi connectivity index (χ2v) is 13.3. The number of hydrogen-bond acceptors (Lipinski definition) is 4. The zero-order chi connectivity index (χ0) is 31.0. The molecule has 0 aromatic heterocycles. The van der Waals surface area contributed by atoms with E-state index in [1.807, 2.05) is 50.2 Å². The molecule has 4 rings (SSSR count). The van der Waals surface area contributed by atoms with Gasteiger partial charge in [0.05, 0.1) is 10.6 Å². The maximum absolute atomic E-state index is 14.4. The number of halogens is 2. The third kappa shape index (κ3) is 8.46. The number of carbonyl (C=O) groups excluding carboxylic acids is 2. The van der Waals surface area contributed by atoms with Gasteiger partial charge in [-0.2, -0.15) is 0 Å². The number of hydrogen-bond donors (Lipinski definition) is 1. The van der Waals surface area contributed by atoms with E-state index < -0.39 is 28.5 Å². The van der Waals surface area contributed by atoms with Crippen LogP contribution in [0.2, 0.25) is 5.02 Å². The average molecular weight is 683 g/mol. The minimum Gasteiger partial charge on any atom is -0.355 e. The van der Waals surface area contributed by atoms with Crippen LogP contribution in [-0.2, 0) is 32.6 Å². The minimum absolute atomic E-state index is 0.0484. The van der Waals surface area contributed by atoms with Gasteiger partial charge in [0.2, 0.25) is 11.8 Å². The molecule has 0 aliphatic carbocycles. The van der Waals surface area contributed by atoms with Gasteiger partial charge in [-0.3, -0.25) is 13.9 Å². The Morgan fingerprint density at radius 3 is 2.16 bits per heavy atom. The molecule has 224 valence electrons. The Labute approximate surface area is 266 Å². The molecule has 0 saturated carbocycles. The van der Waals surface area contributed by atoms with Gasteiger partial charge in [-0.05, 0) is 73.5 Å². The van der Waals surface area contributed by atoms with Crippen LogP contribution in [0.25, 0.3) is 0 Å². The van der Waals surface area contributed by atoms with Gasteiger partial charge in [-0.25, -0.2) is 8.42 Å². The van der Waals surface area contributed by atoms with Crippen molar-refractivity contribution in [1.82, 2.24) is 10.2 Å². The van der Waals surface area contributed by atoms with Crippen LogP contribution in [0.4, 0.5) is 5.69 Å². The van der Waals surface area contributed by atoms with Crippen molar-refractivity contribution in [1.29, 1.82) is 0 Å². The number of sulfonamides is 1. The highest BCUT2D eigenvalue weighted by Gasteiger charge is 2.34. The molecule has 0 aliphatic heterocycles. The van der Waals surface area contributed by atoms with Crippen LogP contribution in [0.5, 0.6) is 0 Å². The zero-order valence-corrected chi connectivity index (χ0v) is 27.1. The van der Waals surface area contributed by atoms with Crippen LogP contribution in [0, 0.1) is 6.92 Å². The molecule has 0 bridgehead atoms. The Bertz CT molecular complexity index is 1650. The SMILES string of the molecule is CCNC(=O)[C@H](Cc1ccccc1)N(Cc1cccc(Cl)c1)C(=O)CN(c1ccc(Br)cc1)S(=O)(=O)c1ccc(C)cc1. The largest absolute Gasteiger partial charge is 0.355 e. The summed E-state index contributed by atoms with van der Waals surface area (Å²) in [4.78, 5) is 29.4. The van der Waals surface area contributed by atoms with Gasteiger partial charge in [0.25, 0.3) is 10.0 Å². The quantitative estimate of drug-likeness (QED) is 0.188. The van der Waals surface area contributed by atoms with Crippen molar-refractivity contribution < 1.29 is 18.0 Å². The first-order valence-electron chi connectivity index (χ1n) is 13.8. The Morgan fingerprint density at radius 2 is 1.53 bits per heavy atom. The van der Waals surface area contributed by atoms with Crippen molar-refractivity contribution >= 4 is 55.1 Å². The van der Waals surface area contributed by atoms with Crippen molar-refractivity contribution in [2.45, 2.75) is 37.8 Å². The number of nitrogens with one attached hydrogen (secondary N) is 1. The lowest BCUT2D eigenvalue weighted by Gasteiger charge is -2.34. The standard InChI is InChI=1S/C33H33BrClN3O4S/c1-3-36-33(40)31(21-25-8-5-4-6-9-25)37(22-26-10-7-11-28(35)20-26)32(39)23-38(29-16-14-27(34)15-17-29)43(41,42)30-18-12-24(2)13-19-30/h4-20,31H,3,21-23H2,1-2H3,(H,36,40)/t31-/m0/s1. The Hall–Kier alpha value is -3.66. The molecule has 4 aromatic rings. The van der Waals surface area contributed by atoms with Crippen molar-refractivity contribution in [3.8, 4) is 0 Å². The molecule has 2 amide bonds. The molecule has 0 saturated heterocycles. The highest BCUT2D eigenvalue weighted by molar-refractivity contribution is 9.10. The summed E-state index contributed by atoms with van der Waals surface area (Å²) in [5, 5.41) is 3.34. The lowest BCUT2D eigenvalue weighted by Crippen LogP contribution is -2.53. The van der Waals surface area contributed by atoms with Gasteiger partial charge in [0.15, 0.2) is 0 Å². The van der Waals surface area contributed by atoms with E-state index in [4.69, 9.17) is 11.6 Å². The maximum Gasteiger partial charge on any atom is 0.264 e. The topological polar surface area (TPSA) is 86.8 Å². The fourth-order valence-electron chi connectivity index (χ4n) is 4.65. The van der Waals surface area contributed by atoms with Gasteiger partial charge in [-0.15, -0.1) is 0 Å². The van der Waals surface area contributed by atoms with E-state index in [1.54, 1.807) is 54.6 Å². The summed E-state index contributed by atoms with van der Waals surface area (Å²) in [5.74, 6) is -0.871. The van der Waals surface area contributed by atoms with Gasteiger partial charge >= 0.3 is 0 Å². The highest BCUT2D eigenvalue weighted by atomic mass is 79.9. The molecular weight excluding hydrogens is 650 g/mol. The van der Waals surface area contributed by atoms with Crippen LogP contribution in [0.15, 0.2) is 112 Å².